The molecule has 6 heteroatoms. The summed E-state index contributed by atoms with van der Waals surface area (Å²) in [6, 6.07) is 13.8. The van der Waals surface area contributed by atoms with Crippen molar-refractivity contribution in [3.05, 3.63) is 68.1 Å². The Morgan fingerprint density at radius 2 is 1.75 bits per heavy atom. The molecule has 1 amide bonds. The lowest BCUT2D eigenvalue weighted by molar-refractivity contribution is 0.0941. The van der Waals surface area contributed by atoms with E-state index in [0.29, 0.717) is 12.1 Å². The van der Waals surface area contributed by atoms with Crippen molar-refractivity contribution in [1.29, 1.82) is 0 Å². The Bertz CT molecular complexity index is 828. The molecule has 1 aliphatic rings. The van der Waals surface area contributed by atoms with Crippen molar-refractivity contribution in [1.82, 2.24) is 15.1 Å². The molecule has 2 aromatic carbocycles. The van der Waals surface area contributed by atoms with E-state index in [-0.39, 0.29) is 5.91 Å². The van der Waals surface area contributed by atoms with Crippen molar-refractivity contribution in [2.24, 2.45) is 0 Å². The van der Waals surface area contributed by atoms with Gasteiger partial charge in [-0.2, -0.15) is 0 Å². The number of hydrogen-bond acceptors (Lipinski definition) is 3. The fourth-order valence-electron chi connectivity index (χ4n) is 3.07. The second-order valence-corrected chi connectivity index (χ2v) is 8.79. The van der Waals surface area contributed by atoms with E-state index in [2.05, 4.69) is 60.1 Å². The van der Waals surface area contributed by atoms with Gasteiger partial charge < -0.3 is 10.2 Å². The van der Waals surface area contributed by atoms with Crippen LogP contribution < -0.4 is 5.32 Å². The van der Waals surface area contributed by atoms with Crippen LogP contribution in [-0.4, -0.2) is 62.0 Å². The van der Waals surface area contributed by atoms with Crippen molar-refractivity contribution in [3.8, 4) is 0 Å². The third-order valence-electron chi connectivity index (χ3n) is 4.90. The normalized spacial score (nSPS) is 15.8. The smallest absolute Gasteiger partial charge is 0.251 e. The third-order valence-corrected chi connectivity index (χ3v) is 6.08. The van der Waals surface area contributed by atoms with Crippen molar-refractivity contribution in [2.75, 3.05) is 46.3 Å². The molecule has 0 radical (unpaired) electrons. The van der Waals surface area contributed by atoms with Crippen LogP contribution >= 0.6 is 31.9 Å². The van der Waals surface area contributed by atoms with Crippen LogP contribution in [0.4, 0.5) is 0 Å². The maximum atomic E-state index is 12.3. The molecule has 0 bridgehead atoms. The van der Waals surface area contributed by atoms with Gasteiger partial charge >= 0.3 is 0 Å². The minimum atomic E-state index is -0.0136. The van der Waals surface area contributed by atoms with E-state index in [9.17, 15) is 4.79 Å². The summed E-state index contributed by atoms with van der Waals surface area (Å²) in [5.74, 6) is -0.0136. The minimum Gasteiger partial charge on any atom is -0.351 e. The van der Waals surface area contributed by atoms with E-state index in [1.54, 1.807) is 0 Å². The Morgan fingerprint density at radius 1 is 1.04 bits per heavy atom. The Labute approximate surface area is 183 Å². The molecule has 0 saturated carbocycles. The van der Waals surface area contributed by atoms with Crippen LogP contribution in [0.2, 0.25) is 0 Å². The molecule has 0 spiro atoms. The average Bonchev–Trinajstić information content (AvgIpc) is 2.69. The topological polar surface area (TPSA) is 35.6 Å². The highest BCUT2D eigenvalue weighted by atomic mass is 79.9. The van der Waals surface area contributed by atoms with E-state index >= 15 is 0 Å². The molecule has 4 nitrogen and oxygen atoms in total. The molecule has 0 aromatic heterocycles. The number of carbonyl (C=O) groups excluding carboxylic acids is 1. The summed E-state index contributed by atoms with van der Waals surface area (Å²) in [7, 11) is 2.15. The summed E-state index contributed by atoms with van der Waals surface area (Å²) in [5.41, 5.74) is 2.86. The van der Waals surface area contributed by atoms with Gasteiger partial charge in [-0.1, -0.05) is 62.2 Å². The maximum Gasteiger partial charge on any atom is 0.251 e. The zero-order valence-corrected chi connectivity index (χ0v) is 19.2. The lowest BCUT2D eigenvalue weighted by atomic mass is 10.1. The van der Waals surface area contributed by atoms with Crippen LogP contribution in [0.15, 0.2) is 51.4 Å². The number of carbonyl (C=O) groups is 1. The summed E-state index contributed by atoms with van der Waals surface area (Å²) < 4.78 is 2.08. The molecule has 1 saturated heterocycles. The number of piperazine rings is 1. The van der Waals surface area contributed by atoms with Crippen LogP contribution in [0.1, 0.15) is 21.5 Å². The van der Waals surface area contributed by atoms with Crippen molar-refractivity contribution >= 4 is 49.9 Å². The SMILES string of the molecule is CN1CCN(CCNC(=O)c2ccc(/C=C/c3ccc(Br)cc3Br)cc2)CC1. The fraction of sp³-hybridized carbons (Fsp3) is 0.318. The molecule has 1 aliphatic heterocycles. The number of nitrogens with zero attached hydrogens (tertiary/aromatic N) is 2. The van der Waals surface area contributed by atoms with E-state index in [1.807, 2.05) is 48.5 Å². The van der Waals surface area contributed by atoms with Gasteiger partial charge in [-0.15, -0.1) is 0 Å². The third kappa shape index (κ3) is 6.27. The van der Waals surface area contributed by atoms with E-state index in [0.717, 1.165) is 52.8 Å². The number of amides is 1. The van der Waals surface area contributed by atoms with E-state index < -0.39 is 0 Å². The Hall–Kier alpha value is -1.47. The minimum absolute atomic E-state index is 0.0136. The molecule has 3 rings (SSSR count). The Kier molecular flexibility index (Phi) is 7.85. The first-order valence-corrected chi connectivity index (χ1v) is 11.0. The van der Waals surface area contributed by atoms with Crippen LogP contribution in [-0.2, 0) is 0 Å². The molecule has 0 aliphatic carbocycles. The maximum absolute atomic E-state index is 12.3. The van der Waals surface area contributed by atoms with Crippen molar-refractivity contribution in [3.63, 3.8) is 0 Å². The first-order chi connectivity index (χ1) is 13.5. The van der Waals surface area contributed by atoms with E-state index in [1.165, 1.54) is 0 Å². The molecule has 0 atom stereocenters. The van der Waals surface area contributed by atoms with E-state index in [4.69, 9.17) is 0 Å². The summed E-state index contributed by atoms with van der Waals surface area (Å²) >= 11 is 7.03. The van der Waals surface area contributed by atoms with Gasteiger partial charge in [-0.3, -0.25) is 9.69 Å². The Morgan fingerprint density at radius 3 is 2.43 bits per heavy atom. The highest BCUT2D eigenvalue weighted by Gasteiger charge is 2.13. The summed E-state index contributed by atoms with van der Waals surface area (Å²) in [6.07, 6.45) is 4.10. The summed E-state index contributed by atoms with van der Waals surface area (Å²) in [6.45, 7) is 5.92. The molecule has 1 heterocycles. The average molecular weight is 507 g/mol. The number of likely N-dealkylation sites (N-methyl/N-ethyl adjacent to an activating group) is 1. The molecule has 1 fully saturated rings. The van der Waals surface area contributed by atoms with Gasteiger partial charge in [-0.25, -0.2) is 0 Å². The fourth-order valence-corrected chi connectivity index (χ4v) is 4.25. The zero-order valence-electron chi connectivity index (χ0n) is 16.0. The molecular formula is C22H25Br2N3O. The molecule has 28 heavy (non-hydrogen) atoms. The molecular weight excluding hydrogens is 482 g/mol. The van der Waals surface area contributed by atoms with Gasteiger partial charge in [0, 0.05) is 53.8 Å². The van der Waals surface area contributed by atoms with Gasteiger partial charge in [0.25, 0.3) is 5.91 Å². The number of rotatable bonds is 6. The molecule has 1 N–H and O–H groups in total. The molecule has 148 valence electrons. The van der Waals surface area contributed by atoms with Crippen LogP contribution in [0, 0.1) is 0 Å². The first kappa shape index (κ1) is 21.2. The van der Waals surface area contributed by atoms with Crippen LogP contribution in [0.5, 0.6) is 0 Å². The predicted molar refractivity (Wildman–Crippen MR) is 123 cm³/mol. The quantitative estimate of drug-likeness (QED) is 0.591. The number of benzene rings is 2. The standard InChI is InChI=1S/C22H25Br2N3O/c1-26-12-14-27(15-13-26)11-10-25-22(28)19-6-3-17(4-7-19)2-5-18-8-9-20(23)16-21(18)24/h2-9,16H,10-15H2,1H3,(H,25,28)/b5-2+. The number of hydrogen-bond donors (Lipinski definition) is 1. The van der Waals surface area contributed by atoms with Gasteiger partial charge in [0.15, 0.2) is 0 Å². The lowest BCUT2D eigenvalue weighted by Crippen LogP contribution is -2.46. The largest absolute Gasteiger partial charge is 0.351 e. The van der Waals surface area contributed by atoms with Gasteiger partial charge in [-0.05, 0) is 42.4 Å². The van der Waals surface area contributed by atoms with Gasteiger partial charge in [0.05, 0.1) is 0 Å². The summed E-state index contributed by atoms with van der Waals surface area (Å²) in [4.78, 5) is 17.1. The molecule has 0 unspecified atom stereocenters. The predicted octanol–water partition coefficient (Wildman–Crippen LogP) is 4.36. The second kappa shape index (κ2) is 10.3. The first-order valence-electron chi connectivity index (χ1n) is 9.43. The van der Waals surface area contributed by atoms with Gasteiger partial charge in [0.1, 0.15) is 0 Å². The molecule has 2 aromatic rings. The number of halogens is 2. The second-order valence-electron chi connectivity index (χ2n) is 7.02. The van der Waals surface area contributed by atoms with Gasteiger partial charge in [0.2, 0.25) is 0 Å². The highest BCUT2D eigenvalue weighted by molar-refractivity contribution is 9.11. The monoisotopic (exact) mass is 505 g/mol. The lowest BCUT2D eigenvalue weighted by Gasteiger charge is -2.32. The Balaban J connectivity index is 1.49. The summed E-state index contributed by atoms with van der Waals surface area (Å²) in [5, 5.41) is 3.02. The zero-order chi connectivity index (χ0) is 19.9. The van der Waals surface area contributed by atoms with Crippen molar-refractivity contribution in [2.45, 2.75) is 0 Å². The van der Waals surface area contributed by atoms with Crippen molar-refractivity contribution < 1.29 is 4.79 Å². The van der Waals surface area contributed by atoms with Crippen LogP contribution in [0.3, 0.4) is 0 Å². The van der Waals surface area contributed by atoms with Crippen LogP contribution in [0.25, 0.3) is 12.2 Å². The highest BCUT2D eigenvalue weighted by Crippen LogP contribution is 2.23. The number of nitrogens with one attached hydrogen (secondary N) is 1.